The zero-order valence-corrected chi connectivity index (χ0v) is 11.2. The van der Waals surface area contributed by atoms with Crippen molar-refractivity contribution >= 4 is 22.5 Å². The number of hydrogen-bond donors (Lipinski definition) is 2. The summed E-state index contributed by atoms with van der Waals surface area (Å²) in [6.07, 6.45) is 3.13. The minimum absolute atomic E-state index is 0.0999. The topological polar surface area (TPSA) is 61.8 Å². The van der Waals surface area contributed by atoms with E-state index in [9.17, 15) is 0 Å². The van der Waals surface area contributed by atoms with Gasteiger partial charge in [0.15, 0.2) is 11.6 Å². The van der Waals surface area contributed by atoms with Gasteiger partial charge in [-0.15, -0.1) is 0 Å². The molecule has 0 aliphatic heterocycles. The number of rotatable bonds is 5. The van der Waals surface area contributed by atoms with Crippen LogP contribution in [0, 0.1) is 12.3 Å². The number of nitrogens with zero attached hydrogens (tertiary/aromatic N) is 1. The van der Waals surface area contributed by atoms with E-state index < -0.39 is 0 Å². The first-order chi connectivity index (χ1) is 9.15. The molecule has 2 aromatic rings. The summed E-state index contributed by atoms with van der Waals surface area (Å²) in [5.41, 5.74) is 1.96. The van der Waals surface area contributed by atoms with E-state index >= 15 is 0 Å². The SMILES string of the molecule is Cc1cnc(/C(=C\C(=N)Cl)OCc2ccccc2)[nH]1. The number of allylic oxidation sites excluding steroid dienone is 1. The zero-order chi connectivity index (χ0) is 13.7. The Morgan fingerprint density at radius 1 is 1.42 bits per heavy atom. The number of imidazole rings is 1. The lowest BCUT2D eigenvalue weighted by atomic mass is 10.2. The molecule has 1 heterocycles. The van der Waals surface area contributed by atoms with Crippen LogP contribution in [0.15, 0.2) is 42.6 Å². The van der Waals surface area contributed by atoms with Gasteiger partial charge in [-0.1, -0.05) is 41.9 Å². The molecule has 19 heavy (non-hydrogen) atoms. The fourth-order valence-corrected chi connectivity index (χ4v) is 1.67. The monoisotopic (exact) mass is 275 g/mol. The van der Waals surface area contributed by atoms with Crippen molar-refractivity contribution in [2.75, 3.05) is 0 Å². The highest BCUT2D eigenvalue weighted by atomic mass is 35.5. The molecule has 0 aliphatic carbocycles. The lowest BCUT2D eigenvalue weighted by molar-refractivity contribution is 0.262. The molecule has 0 aliphatic rings. The summed E-state index contributed by atoms with van der Waals surface area (Å²) in [7, 11) is 0. The lowest BCUT2D eigenvalue weighted by Crippen LogP contribution is -1.97. The number of aromatic amines is 1. The Bertz CT molecular complexity index is 590. The van der Waals surface area contributed by atoms with Gasteiger partial charge in [0.25, 0.3) is 0 Å². The van der Waals surface area contributed by atoms with E-state index in [4.69, 9.17) is 21.7 Å². The van der Waals surface area contributed by atoms with Crippen LogP contribution < -0.4 is 0 Å². The van der Waals surface area contributed by atoms with Crippen molar-refractivity contribution in [3.63, 3.8) is 0 Å². The normalized spacial score (nSPS) is 11.4. The largest absolute Gasteiger partial charge is 0.485 e. The maximum absolute atomic E-state index is 7.33. The molecular formula is C14H14ClN3O. The molecule has 0 bridgehead atoms. The standard InChI is InChI=1S/C14H14ClN3O/c1-10-8-17-14(18-10)12(7-13(15)16)19-9-11-5-3-2-4-6-11/h2-8,16H,9H2,1H3,(H,17,18)/b12-7+,16-13?. The number of aryl methyl sites for hydroxylation is 1. The molecule has 98 valence electrons. The van der Waals surface area contributed by atoms with Crippen LogP contribution >= 0.6 is 11.6 Å². The van der Waals surface area contributed by atoms with E-state index in [2.05, 4.69) is 9.97 Å². The molecule has 0 unspecified atom stereocenters. The van der Waals surface area contributed by atoms with E-state index in [1.54, 1.807) is 6.20 Å². The van der Waals surface area contributed by atoms with Crippen molar-refractivity contribution in [2.24, 2.45) is 0 Å². The van der Waals surface area contributed by atoms with E-state index in [1.165, 1.54) is 6.08 Å². The number of ether oxygens (including phenoxy) is 1. The van der Waals surface area contributed by atoms with E-state index in [0.29, 0.717) is 18.2 Å². The number of aromatic nitrogens is 2. The summed E-state index contributed by atoms with van der Waals surface area (Å²) in [5.74, 6) is 1.02. The highest BCUT2D eigenvalue weighted by Crippen LogP contribution is 2.15. The van der Waals surface area contributed by atoms with Gasteiger partial charge in [-0.25, -0.2) is 4.98 Å². The molecular weight excluding hydrogens is 262 g/mol. The first kappa shape index (κ1) is 13.4. The quantitative estimate of drug-likeness (QED) is 0.648. The molecule has 2 N–H and O–H groups in total. The van der Waals surface area contributed by atoms with Crippen molar-refractivity contribution in [1.29, 1.82) is 5.41 Å². The summed E-state index contributed by atoms with van der Waals surface area (Å²) >= 11 is 5.60. The molecule has 0 radical (unpaired) electrons. The molecule has 0 saturated carbocycles. The zero-order valence-electron chi connectivity index (χ0n) is 10.5. The maximum atomic E-state index is 7.33. The first-order valence-electron chi connectivity index (χ1n) is 5.79. The number of benzene rings is 1. The van der Waals surface area contributed by atoms with Crippen LogP contribution in [0.1, 0.15) is 17.1 Å². The summed E-state index contributed by atoms with van der Waals surface area (Å²) in [6.45, 7) is 2.30. The van der Waals surface area contributed by atoms with Gasteiger partial charge in [-0.05, 0) is 12.5 Å². The van der Waals surface area contributed by atoms with E-state index in [1.807, 2.05) is 37.3 Å². The highest BCUT2D eigenvalue weighted by Gasteiger charge is 2.08. The maximum Gasteiger partial charge on any atom is 0.173 e. The predicted octanol–water partition coefficient (Wildman–Crippen LogP) is 3.49. The van der Waals surface area contributed by atoms with Gasteiger partial charge >= 0.3 is 0 Å². The van der Waals surface area contributed by atoms with Gasteiger partial charge in [0, 0.05) is 18.0 Å². The minimum Gasteiger partial charge on any atom is -0.485 e. The summed E-state index contributed by atoms with van der Waals surface area (Å²) < 4.78 is 5.68. The van der Waals surface area contributed by atoms with Gasteiger partial charge in [0.05, 0.1) is 0 Å². The third-order valence-corrected chi connectivity index (χ3v) is 2.54. The van der Waals surface area contributed by atoms with Crippen molar-refractivity contribution in [3.8, 4) is 0 Å². The smallest absolute Gasteiger partial charge is 0.173 e. The molecule has 2 rings (SSSR count). The van der Waals surface area contributed by atoms with Crippen LogP contribution in [0.2, 0.25) is 0 Å². The Morgan fingerprint density at radius 2 is 2.16 bits per heavy atom. The summed E-state index contributed by atoms with van der Waals surface area (Å²) in [5, 5.41) is 7.23. The Morgan fingerprint density at radius 3 is 2.74 bits per heavy atom. The van der Waals surface area contributed by atoms with Gasteiger partial charge < -0.3 is 9.72 Å². The Balaban J connectivity index is 2.14. The Hall–Kier alpha value is -2.07. The highest BCUT2D eigenvalue weighted by molar-refractivity contribution is 6.67. The van der Waals surface area contributed by atoms with Crippen LogP contribution in [0.4, 0.5) is 0 Å². The van der Waals surface area contributed by atoms with Crippen molar-refractivity contribution in [3.05, 3.63) is 59.7 Å². The second-order valence-electron chi connectivity index (χ2n) is 4.05. The molecule has 0 saturated heterocycles. The van der Waals surface area contributed by atoms with Crippen LogP contribution in [0.3, 0.4) is 0 Å². The molecule has 0 amide bonds. The average molecular weight is 276 g/mol. The second-order valence-corrected chi connectivity index (χ2v) is 4.45. The number of H-pyrrole nitrogens is 1. The van der Waals surface area contributed by atoms with Gasteiger partial charge in [-0.3, -0.25) is 5.41 Å². The Labute approximate surface area is 116 Å². The van der Waals surface area contributed by atoms with Crippen molar-refractivity contribution < 1.29 is 4.74 Å². The average Bonchev–Trinajstić information content (AvgIpc) is 2.82. The van der Waals surface area contributed by atoms with Crippen molar-refractivity contribution in [2.45, 2.75) is 13.5 Å². The van der Waals surface area contributed by atoms with E-state index in [-0.39, 0.29) is 5.17 Å². The summed E-state index contributed by atoms with van der Waals surface area (Å²) in [4.78, 5) is 7.24. The Kier molecular flexibility index (Phi) is 4.36. The van der Waals surface area contributed by atoms with Crippen molar-refractivity contribution in [1.82, 2.24) is 9.97 Å². The fraction of sp³-hybridized carbons (Fsp3) is 0.143. The van der Waals surface area contributed by atoms with E-state index in [0.717, 1.165) is 11.3 Å². The molecule has 0 atom stereocenters. The minimum atomic E-state index is -0.0999. The van der Waals surface area contributed by atoms with Crippen LogP contribution in [0.25, 0.3) is 5.76 Å². The molecule has 4 nitrogen and oxygen atoms in total. The van der Waals surface area contributed by atoms with Gasteiger partial charge in [-0.2, -0.15) is 0 Å². The molecule has 1 aromatic heterocycles. The summed E-state index contributed by atoms with van der Waals surface area (Å²) in [6, 6.07) is 9.78. The van der Waals surface area contributed by atoms with Crippen LogP contribution in [-0.2, 0) is 11.3 Å². The van der Waals surface area contributed by atoms with Crippen LogP contribution in [-0.4, -0.2) is 15.1 Å². The molecule has 5 heteroatoms. The van der Waals surface area contributed by atoms with Gasteiger partial charge in [0.2, 0.25) is 0 Å². The first-order valence-corrected chi connectivity index (χ1v) is 6.17. The molecule has 0 spiro atoms. The fourth-order valence-electron chi connectivity index (χ4n) is 1.57. The van der Waals surface area contributed by atoms with Gasteiger partial charge in [0.1, 0.15) is 11.8 Å². The molecule has 0 fully saturated rings. The number of hydrogen-bond acceptors (Lipinski definition) is 3. The molecule has 1 aromatic carbocycles. The third kappa shape index (κ3) is 3.96. The third-order valence-electron chi connectivity index (χ3n) is 2.43. The lowest BCUT2D eigenvalue weighted by Gasteiger charge is -2.08. The second kappa shape index (κ2) is 6.20. The number of nitrogens with one attached hydrogen (secondary N) is 2. The number of halogens is 1. The van der Waals surface area contributed by atoms with Crippen LogP contribution in [0.5, 0.6) is 0 Å². The predicted molar refractivity (Wildman–Crippen MR) is 76.1 cm³/mol.